The van der Waals surface area contributed by atoms with Crippen molar-refractivity contribution >= 4 is 60.8 Å². The van der Waals surface area contributed by atoms with Gasteiger partial charge in [-0.25, -0.2) is 12.6 Å². The van der Waals surface area contributed by atoms with Crippen LogP contribution in [0.5, 0.6) is 0 Å². The third-order valence-corrected chi connectivity index (χ3v) is 6.13. The lowest BCUT2D eigenvalue weighted by molar-refractivity contribution is 0.284. The molecule has 170 valence electrons. The SMILES string of the molecule is Nc1cccc(Nc2nc(Cl)nc(Nc3ccc(S(=O)(=O)CCOS(=O)(=O)O)cc3)n2)c1. The van der Waals surface area contributed by atoms with E-state index in [4.69, 9.17) is 21.9 Å². The Balaban J connectivity index is 1.70. The highest BCUT2D eigenvalue weighted by Gasteiger charge is 2.16. The number of hydrogen-bond donors (Lipinski definition) is 4. The molecule has 0 fully saturated rings. The van der Waals surface area contributed by atoms with Crippen molar-refractivity contribution < 1.29 is 25.6 Å². The Bertz CT molecular complexity index is 1320. The fourth-order valence-corrected chi connectivity index (χ4v) is 4.10. The van der Waals surface area contributed by atoms with Gasteiger partial charge in [0.1, 0.15) is 0 Å². The molecule has 32 heavy (non-hydrogen) atoms. The summed E-state index contributed by atoms with van der Waals surface area (Å²) in [5, 5.41) is 5.76. The van der Waals surface area contributed by atoms with Crippen molar-refractivity contribution in [3.8, 4) is 0 Å². The van der Waals surface area contributed by atoms with Gasteiger partial charge in [-0.05, 0) is 54.1 Å². The predicted octanol–water partition coefficient (Wildman–Crippen LogP) is 2.19. The number of aromatic nitrogens is 3. The molecule has 0 radical (unpaired) electrons. The first-order valence-corrected chi connectivity index (χ1v) is 12.2. The van der Waals surface area contributed by atoms with E-state index in [1.807, 2.05) is 0 Å². The molecule has 12 nitrogen and oxygen atoms in total. The molecule has 0 saturated carbocycles. The van der Waals surface area contributed by atoms with Gasteiger partial charge in [-0.1, -0.05) is 6.07 Å². The highest BCUT2D eigenvalue weighted by atomic mass is 35.5. The average molecular weight is 501 g/mol. The smallest absolute Gasteiger partial charge is 0.397 e. The van der Waals surface area contributed by atoms with Crippen LogP contribution < -0.4 is 16.4 Å². The van der Waals surface area contributed by atoms with Crippen molar-refractivity contribution in [3.05, 3.63) is 53.8 Å². The summed E-state index contributed by atoms with van der Waals surface area (Å²) in [6.45, 7) is -0.715. The van der Waals surface area contributed by atoms with Gasteiger partial charge >= 0.3 is 10.4 Å². The van der Waals surface area contributed by atoms with Gasteiger partial charge in [0.2, 0.25) is 17.2 Å². The van der Waals surface area contributed by atoms with E-state index in [1.54, 1.807) is 24.3 Å². The second-order valence-electron chi connectivity index (χ2n) is 6.22. The number of hydrogen-bond acceptors (Lipinski definition) is 11. The highest BCUT2D eigenvalue weighted by Crippen LogP contribution is 2.21. The Morgan fingerprint density at radius 3 is 2.16 bits per heavy atom. The van der Waals surface area contributed by atoms with Crippen molar-refractivity contribution in [3.63, 3.8) is 0 Å². The number of sulfone groups is 1. The molecule has 0 aliphatic carbocycles. The second-order valence-corrected chi connectivity index (χ2v) is 9.76. The van der Waals surface area contributed by atoms with Gasteiger partial charge < -0.3 is 16.4 Å². The maximum absolute atomic E-state index is 12.2. The maximum Gasteiger partial charge on any atom is 0.397 e. The molecule has 0 unspecified atom stereocenters. The molecular weight excluding hydrogens is 484 g/mol. The molecule has 2 aromatic carbocycles. The van der Waals surface area contributed by atoms with Crippen LogP contribution in [0.2, 0.25) is 5.28 Å². The van der Waals surface area contributed by atoms with Crippen LogP contribution in [0.15, 0.2) is 53.4 Å². The summed E-state index contributed by atoms with van der Waals surface area (Å²) in [4.78, 5) is 12.1. The van der Waals surface area contributed by atoms with Crippen LogP contribution in [-0.4, -0.2) is 48.7 Å². The minimum atomic E-state index is -4.71. The molecule has 3 rings (SSSR count). The summed E-state index contributed by atoms with van der Waals surface area (Å²) in [6.07, 6.45) is 0. The van der Waals surface area contributed by atoms with Crippen molar-refractivity contribution in [2.45, 2.75) is 4.90 Å². The lowest BCUT2D eigenvalue weighted by Gasteiger charge is -2.10. The van der Waals surface area contributed by atoms with Crippen LogP contribution in [0.25, 0.3) is 0 Å². The number of nitrogen functional groups attached to an aromatic ring is 1. The number of benzene rings is 2. The predicted molar refractivity (Wildman–Crippen MR) is 118 cm³/mol. The first-order valence-electron chi connectivity index (χ1n) is 8.76. The van der Waals surface area contributed by atoms with Crippen molar-refractivity contribution in [2.24, 2.45) is 0 Å². The molecule has 0 amide bonds. The van der Waals surface area contributed by atoms with E-state index in [1.165, 1.54) is 24.3 Å². The third-order valence-electron chi connectivity index (χ3n) is 3.80. The van der Waals surface area contributed by atoms with Crippen molar-refractivity contribution in [1.82, 2.24) is 15.0 Å². The van der Waals surface area contributed by atoms with E-state index in [9.17, 15) is 16.8 Å². The zero-order valence-electron chi connectivity index (χ0n) is 16.1. The lowest BCUT2D eigenvalue weighted by Crippen LogP contribution is -2.15. The first-order chi connectivity index (χ1) is 15.0. The maximum atomic E-state index is 12.2. The molecule has 0 aliphatic heterocycles. The van der Waals surface area contributed by atoms with E-state index in [2.05, 4.69) is 29.8 Å². The second kappa shape index (κ2) is 9.62. The minimum absolute atomic E-state index is 0.0697. The molecular formula is C17H17ClN6O6S2. The summed E-state index contributed by atoms with van der Waals surface area (Å²) in [7, 11) is -8.55. The lowest BCUT2D eigenvalue weighted by atomic mass is 10.3. The molecule has 0 atom stereocenters. The van der Waals surface area contributed by atoms with Crippen LogP contribution in [0.1, 0.15) is 0 Å². The molecule has 0 spiro atoms. The van der Waals surface area contributed by atoms with E-state index in [0.717, 1.165) is 0 Å². The Morgan fingerprint density at radius 1 is 0.938 bits per heavy atom. The van der Waals surface area contributed by atoms with Gasteiger partial charge in [0.25, 0.3) is 0 Å². The Morgan fingerprint density at radius 2 is 1.56 bits per heavy atom. The monoisotopic (exact) mass is 500 g/mol. The Kier molecular flexibility index (Phi) is 7.10. The summed E-state index contributed by atoms with van der Waals surface area (Å²) < 4.78 is 58.1. The van der Waals surface area contributed by atoms with Gasteiger partial charge in [-0.2, -0.15) is 23.4 Å². The first kappa shape index (κ1) is 23.6. The molecule has 3 aromatic rings. The van der Waals surface area contributed by atoms with Crippen LogP contribution >= 0.6 is 11.6 Å². The summed E-state index contributed by atoms with van der Waals surface area (Å²) in [5.41, 5.74) is 7.39. The van der Waals surface area contributed by atoms with Crippen LogP contribution in [0.4, 0.5) is 29.0 Å². The third kappa shape index (κ3) is 7.00. The molecule has 1 aromatic heterocycles. The van der Waals surface area contributed by atoms with Crippen molar-refractivity contribution in [1.29, 1.82) is 0 Å². The van der Waals surface area contributed by atoms with Gasteiger partial charge in [0.05, 0.1) is 17.3 Å². The number of halogens is 1. The fraction of sp³-hybridized carbons (Fsp3) is 0.118. The summed E-state index contributed by atoms with van der Waals surface area (Å²) >= 11 is 5.96. The van der Waals surface area contributed by atoms with Gasteiger partial charge in [0, 0.05) is 17.1 Å². The van der Waals surface area contributed by atoms with Gasteiger partial charge in [-0.15, -0.1) is 0 Å². The van der Waals surface area contributed by atoms with Crippen molar-refractivity contribution in [2.75, 3.05) is 28.7 Å². The van der Waals surface area contributed by atoms with Crippen LogP contribution in [-0.2, 0) is 24.4 Å². The van der Waals surface area contributed by atoms with E-state index >= 15 is 0 Å². The van der Waals surface area contributed by atoms with E-state index < -0.39 is 32.6 Å². The van der Waals surface area contributed by atoms with E-state index in [-0.39, 0.29) is 22.1 Å². The topological polar surface area (TPSA) is 186 Å². The average Bonchev–Trinajstić information content (AvgIpc) is 2.67. The summed E-state index contributed by atoms with van der Waals surface area (Å²) in [5.74, 6) is -0.369. The minimum Gasteiger partial charge on any atom is -0.399 e. The number of nitrogens with zero attached hydrogens (tertiary/aromatic N) is 3. The quantitative estimate of drug-likeness (QED) is 0.248. The zero-order chi connectivity index (χ0) is 23.4. The normalized spacial score (nSPS) is 11.8. The highest BCUT2D eigenvalue weighted by molar-refractivity contribution is 7.91. The molecule has 0 saturated heterocycles. The molecule has 0 bridgehead atoms. The largest absolute Gasteiger partial charge is 0.399 e. The Hall–Kier alpha value is -3.04. The fourth-order valence-electron chi connectivity index (χ4n) is 2.45. The molecule has 15 heteroatoms. The zero-order valence-corrected chi connectivity index (χ0v) is 18.5. The Labute approximate surface area is 188 Å². The standard InChI is InChI=1S/C17H17ClN6O6S2/c18-15-22-16(24-17(23-15)21-13-3-1-2-11(19)10-13)20-12-4-6-14(7-5-12)31(25,26)9-8-30-32(27,28)29/h1-7,10H,8-9,19H2,(H,27,28,29)(H2,20,21,22,23,24). The van der Waals surface area contributed by atoms with Crippen LogP contribution in [0, 0.1) is 0 Å². The van der Waals surface area contributed by atoms with Gasteiger partial charge in [-0.3, -0.25) is 4.55 Å². The number of nitrogens with one attached hydrogen (secondary N) is 2. The molecule has 5 N–H and O–H groups in total. The molecule has 1 heterocycles. The number of nitrogens with two attached hydrogens (primary N) is 1. The number of anilines is 5. The summed E-state index contributed by atoms with van der Waals surface area (Å²) in [6, 6.07) is 12.5. The number of rotatable bonds is 9. The van der Waals surface area contributed by atoms with Crippen LogP contribution in [0.3, 0.4) is 0 Å². The van der Waals surface area contributed by atoms with E-state index in [0.29, 0.717) is 17.1 Å². The van der Waals surface area contributed by atoms with Gasteiger partial charge in [0.15, 0.2) is 9.84 Å². The molecule has 0 aliphatic rings.